The fourth-order valence-electron chi connectivity index (χ4n) is 1.76. The van der Waals surface area contributed by atoms with Crippen LogP contribution in [-0.2, 0) is 9.84 Å². The van der Waals surface area contributed by atoms with Gasteiger partial charge in [-0.2, -0.15) is 0 Å². The summed E-state index contributed by atoms with van der Waals surface area (Å²) < 4.78 is 22.5. The first kappa shape index (κ1) is 11.3. The van der Waals surface area contributed by atoms with Crippen LogP contribution in [0.2, 0.25) is 0 Å². The summed E-state index contributed by atoms with van der Waals surface area (Å²) in [5, 5.41) is 3.08. The Kier molecular flexibility index (Phi) is 2.84. The maximum Gasteiger partial charge on any atom is 0.222 e. The van der Waals surface area contributed by atoms with Gasteiger partial charge in [-0.15, -0.1) is 0 Å². The first-order chi connectivity index (χ1) is 7.49. The second-order valence-corrected chi connectivity index (χ2v) is 6.64. The molecule has 1 aliphatic rings. The number of aromatic nitrogens is 2. The van der Waals surface area contributed by atoms with E-state index < -0.39 is 9.84 Å². The largest absolute Gasteiger partial charge is 0.354 e. The van der Waals surface area contributed by atoms with Crippen LogP contribution in [-0.4, -0.2) is 36.9 Å². The SMILES string of the molecule is CS(=O)(=O)CC1(CNc2ncccn2)CC1. The molecule has 0 radical (unpaired) electrons. The lowest BCUT2D eigenvalue weighted by molar-refractivity contribution is 0.560. The summed E-state index contributed by atoms with van der Waals surface area (Å²) in [5.41, 5.74) is -0.0905. The van der Waals surface area contributed by atoms with Crippen LogP contribution in [0.25, 0.3) is 0 Å². The molecule has 0 saturated heterocycles. The van der Waals surface area contributed by atoms with Gasteiger partial charge in [-0.1, -0.05) is 0 Å². The predicted octanol–water partition coefficient (Wildman–Crippen LogP) is 0.713. The van der Waals surface area contributed by atoms with Gasteiger partial charge < -0.3 is 5.32 Å². The molecule has 1 fully saturated rings. The van der Waals surface area contributed by atoms with E-state index in [2.05, 4.69) is 15.3 Å². The minimum absolute atomic E-state index is 0.0905. The van der Waals surface area contributed by atoms with Crippen LogP contribution in [0.1, 0.15) is 12.8 Å². The lowest BCUT2D eigenvalue weighted by Crippen LogP contribution is -2.24. The number of hydrogen-bond donors (Lipinski definition) is 1. The summed E-state index contributed by atoms with van der Waals surface area (Å²) in [6.45, 7) is 0.629. The summed E-state index contributed by atoms with van der Waals surface area (Å²) in [5.74, 6) is 0.807. The normalized spacial score (nSPS) is 18.1. The highest BCUT2D eigenvalue weighted by Gasteiger charge is 2.45. The molecular formula is C10H15N3O2S. The van der Waals surface area contributed by atoms with Gasteiger partial charge in [0.1, 0.15) is 9.84 Å². The molecule has 5 nitrogen and oxygen atoms in total. The van der Waals surface area contributed by atoms with Crippen molar-refractivity contribution in [2.45, 2.75) is 12.8 Å². The van der Waals surface area contributed by atoms with E-state index in [1.54, 1.807) is 18.5 Å². The topological polar surface area (TPSA) is 72.0 Å². The van der Waals surface area contributed by atoms with Crippen molar-refractivity contribution in [1.29, 1.82) is 0 Å². The van der Waals surface area contributed by atoms with E-state index in [-0.39, 0.29) is 11.2 Å². The van der Waals surface area contributed by atoms with Crippen molar-refractivity contribution in [1.82, 2.24) is 9.97 Å². The molecule has 0 aliphatic heterocycles. The van der Waals surface area contributed by atoms with E-state index in [9.17, 15) is 8.42 Å². The second kappa shape index (κ2) is 4.01. The third kappa shape index (κ3) is 3.16. The Morgan fingerprint density at radius 3 is 2.50 bits per heavy atom. The zero-order valence-electron chi connectivity index (χ0n) is 9.18. The van der Waals surface area contributed by atoms with Crippen LogP contribution in [0.3, 0.4) is 0 Å². The van der Waals surface area contributed by atoms with E-state index in [1.807, 2.05) is 0 Å². The lowest BCUT2D eigenvalue weighted by atomic mass is 10.1. The Morgan fingerprint density at radius 1 is 1.38 bits per heavy atom. The van der Waals surface area contributed by atoms with Gasteiger partial charge in [0.2, 0.25) is 5.95 Å². The molecule has 0 amide bonds. The first-order valence-corrected chi connectivity index (χ1v) is 7.24. The third-order valence-corrected chi connectivity index (χ3v) is 3.85. The van der Waals surface area contributed by atoms with Crippen LogP contribution >= 0.6 is 0 Å². The fraction of sp³-hybridized carbons (Fsp3) is 0.600. The summed E-state index contributed by atoms with van der Waals surface area (Å²) in [7, 11) is -2.90. The van der Waals surface area contributed by atoms with Crippen LogP contribution < -0.4 is 5.32 Å². The highest BCUT2D eigenvalue weighted by molar-refractivity contribution is 7.90. The zero-order valence-corrected chi connectivity index (χ0v) is 10.00. The van der Waals surface area contributed by atoms with Crippen molar-refractivity contribution in [3.8, 4) is 0 Å². The van der Waals surface area contributed by atoms with Gasteiger partial charge in [-0.25, -0.2) is 18.4 Å². The second-order valence-electron chi connectivity index (χ2n) is 4.50. The maximum atomic E-state index is 11.2. The van der Waals surface area contributed by atoms with E-state index in [4.69, 9.17) is 0 Å². The molecule has 0 unspecified atom stereocenters. The van der Waals surface area contributed by atoms with Gasteiger partial charge >= 0.3 is 0 Å². The molecule has 88 valence electrons. The summed E-state index contributed by atoms with van der Waals surface area (Å²) in [4.78, 5) is 8.07. The van der Waals surface area contributed by atoms with Crippen molar-refractivity contribution < 1.29 is 8.42 Å². The van der Waals surface area contributed by atoms with Gasteiger partial charge in [0.05, 0.1) is 5.75 Å². The number of hydrogen-bond acceptors (Lipinski definition) is 5. The molecule has 6 heteroatoms. The van der Waals surface area contributed by atoms with Crippen molar-refractivity contribution >= 4 is 15.8 Å². The number of nitrogens with zero attached hydrogens (tertiary/aromatic N) is 2. The minimum Gasteiger partial charge on any atom is -0.354 e. The summed E-state index contributed by atoms with van der Waals surface area (Å²) >= 11 is 0. The smallest absolute Gasteiger partial charge is 0.222 e. The van der Waals surface area contributed by atoms with E-state index >= 15 is 0 Å². The molecule has 0 atom stereocenters. The third-order valence-electron chi connectivity index (χ3n) is 2.71. The standard InChI is InChI=1S/C10H15N3O2S/c1-16(14,15)8-10(3-4-10)7-13-9-11-5-2-6-12-9/h2,5-6H,3-4,7-8H2,1H3,(H,11,12,13). The quantitative estimate of drug-likeness (QED) is 0.822. The Balaban J connectivity index is 1.91. The Bertz CT molecular complexity index is 454. The highest BCUT2D eigenvalue weighted by Crippen LogP contribution is 2.46. The lowest BCUT2D eigenvalue weighted by Gasteiger charge is -2.14. The van der Waals surface area contributed by atoms with Gasteiger partial charge in [-0.05, 0) is 18.9 Å². The Hall–Kier alpha value is -1.17. The maximum absolute atomic E-state index is 11.2. The molecule has 1 N–H and O–H groups in total. The van der Waals surface area contributed by atoms with Crippen LogP contribution in [0.15, 0.2) is 18.5 Å². The molecule has 0 aromatic carbocycles. The predicted molar refractivity (Wildman–Crippen MR) is 61.9 cm³/mol. The summed E-state index contributed by atoms with van der Waals surface area (Å²) in [6, 6.07) is 1.74. The van der Waals surface area contributed by atoms with Crippen molar-refractivity contribution in [3.63, 3.8) is 0 Å². The molecule has 0 spiro atoms. The summed E-state index contributed by atoms with van der Waals surface area (Å²) in [6.07, 6.45) is 6.52. The number of nitrogens with one attached hydrogen (secondary N) is 1. The zero-order chi connectivity index (χ0) is 11.6. The van der Waals surface area contributed by atoms with Gasteiger partial charge in [0.25, 0.3) is 0 Å². The van der Waals surface area contributed by atoms with Crippen LogP contribution in [0, 0.1) is 5.41 Å². The molecule has 1 aromatic heterocycles. The highest BCUT2D eigenvalue weighted by atomic mass is 32.2. The Morgan fingerprint density at radius 2 is 2.00 bits per heavy atom. The molecule has 16 heavy (non-hydrogen) atoms. The Labute approximate surface area is 95.2 Å². The number of anilines is 1. The van der Waals surface area contributed by atoms with Crippen molar-refractivity contribution in [2.24, 2.45) is 5.41 Å². The van der Waals surface area contributed by atoms with Gasteiger partial charge in [-0.3, -0.25) is 0 Å². The monoisotopic (exact) mass is 241 g/mol. The van der Waals surface area contributed by atoms with E-state index in [0.29, 0.717) is 12.5 Å². The van der Waals surface area contributed by atoms with Gasteiger partial charge in [0.15, 0.2) is 0 Å². The van der Waals surface area contributed by atoms with E-state index in [1.165, 1.54) is 6.26 Å². The number of rotatable bonds is 5. The molecule has 2 rings (SSSR count). The van der Waals surface area contributed by atoms with Crippen molar-refractivity contribution in [2.75, 3.05) is 23.9 Å². The molecule has 1 saturated carbocycles. The average Bonchev–Trinajstić information content (AvgIpc) is 2.95. The van der Waals surface area contributed by atoms with Crippen LogP contribution in [0.5, 0.6) is 0 Å². The molecule has 1 aliphatic carbocycles. The van der Waals surface area contributed by atoms with Crippen LogP contribution in [0.4, 0.5) is 5.95 Å². The first-order valence-electron chi connectivity index (χ1n) is 5.18. The average molecular weight is 241 g/mol. The minimum atomic E-state index is -2.90. The molecular weight excluding hydrogens is 226 g/mol. The van der Waals surface area contributed by atoms with Crippen molar-refractivity contribution in [3.05, 3.63) is 18.5 Å². The number of sulfone groups is 1. The van der Waals surface area contributed by atoms with E-state index in [0.717, 1.165) is 12.8 Å². The fourth-order valence-corrected chi connectivity index (χ4v) is 3.27. The molecule has 1 heterocycles. The molecule has 1 aromatic rings. The molecule has 0 bridgehead atoms. The van der Waals surface area contributed by atoms with Gasteiger partial charge in [0, 0.05) is 30.6 Å².